The second-order valence-electron chi connectivity index (χ2n) is 6.72. The number of aromatic nitrogens is 2. The molecule has 0 aliphatic carbocycles. The van der Waals surface area contributed by atoms with Gasteiger partial charge in [0.1, 0.15) is 11.6 Å². The molecule has 0 spiro atoms. The van der Waals surface area contributed by atoms with Crippen LogP contribution in [0.4, 0.5) is 0 Å². The maximum Gasteiger partial charge on any atom is 0.137 e. The van der Waals surface area contributed by atoms with Crippen molar-refractivity contribution in [3.05, 3.63) is 35.7 Å². The van der Waals surface area contributed by atoms with E-state index in [4.69, 9.17) is 14.5 Å². The van der Waals surface area contributed by atoms with Gasteiger partial charge in [-0.25, -0.2) is 4.98 Å². The number of benzene rings is 1. The second-order valence-corrected chi connectivity index (χ2v) is 6.72. The number of hydrogen-bond acceptors (Lipinski definition) is 4. The highest BCUT2D eigenvalue weighted by molar-refractivity contribution is 5.58. The number of rotatable bonds is 4. The van der Waals surface area contributed by atoms with Gasteiger partial charge in [0.05, 0.1) is 24.6 Å². The largest absolute Gasteiger partial charge is 0.497 e. The highest BCUT2D eigenvalue weighted by Crippen LogP contribution is 2.26. The van der Waals surface area contributed by atoms with Crippen molar-refractivity contribution in [1.82, 2.24) is 14.9 Å². The molecule has 3 heterocycles. The molecule has 24 heavy (non-hydrogen) atoms. The predicted molar refractivity (Wildman–Crippen MR) is 93.1 cm³/mol. The fourth-order valence-corrected chi connectivity index (χ4v) is 3.65. The van der Waals surface area contributed by atoms with E-state index in [1.54, 1.807) is 7.11 Å². The van der Waals surface area contributed by atoms with E-state index in [2.05, 4.69) is 16.0 Å². The van der Waals surface area contributed by atoms with Gasteiger partial charge in [-0.1, -0.05) is 12.1 Å². The lowest BCUT2D eigenvalue weighted by Crippen LogP contribution is -2.38. The summed E-state index contributed by atoms with van der Waals surface area (Å²) in [6.07, 6.45) is 5.11. The molecule has 128 valence electrons. The molecule has 1 aromatic heterocycles. The number of fused-ring (bicyclic) bond motifs is 1. The fourth-order valence-electron chi connectivity index (χ4n) is 3.65. The molecule has 5 heteroatoms. The molecule has 0 radical (unpaired) electrons. The topological polar surface area (TPSA) is 50.4 Å². The Bertz CT molecular complexity index is 692. The van der Waals surface area contributed by atoms with Crippen LogP contribution in [-0.2, 0) is 17.7 Å². The summed E-state index contributed by atoms with van der Waals surface area (Å²) in [4.78, 5) is 10.8. The van der Waals surface area contributed by atoms with Crippen molar-refractivity contribution in [1.29, 1.82) is 0 Å². The summed E-state index contributed by atoms with van der Waals surface area (Å²) in [7, 11) is 1.69. The predicted octanol–water partition coefficient (Wildman–Crippen LogP) is 3.01. The molecule has 1 fully saturated rings. The Hall–Kier alpha value is -1.85. The number of methoxy groups -OCH3 is 1. The van der Waals surface area contributed by atoms with Crippen LogP contribution in [0.15, 0.2) is 24.3 Å². The molecule has 2 aromatic rings. The Morgan fingerprint density at radius 1 is 1.38 bits per heavy atom. The van der Waals surface area contributed by atoms with Crippen LogP contribution in [0.2, 0.25) is 0 Å². The standard InChI is InChI=1S/C19H25N3O2/c1-23-15-7-4-5-14(11-15)19-20-17-8-9-22(13-18(17)21-19)12-16-6-2-3-10-24-16/h4-5,7,11,16H,2-3,6,8-10,12-13H2,1H3,(H,20,21)/t16-/m1/s1. The first-order valence-corrected chi connectivity index (χ1v) is 8.88. The number of hydrogen-bond donors (Lipinski definition) is 1. The van der Waals surface area contributed by atoms with E-state index in [-0.39, 0.29) is 0 Å². The van der Waals surface area contributed by atoms with Crippen molar-refractivity contribution >= 4 is 0 Å². The van der Waals surface area contributed by atoms with E-state index in [9.17, 15) is 0 Å². The lowest BCUT2D eigenvalue weighted by atomic mass is 10.1. The van der Waals surface area contributed by atoms with Crippen LogP contribution in [0.1, 0.15) is 30.7 Å². The summed E-state index contributed by atoms with van der Waals surface area (Å²) in [5.74, 6) is 1.80. The minimum Gasteiger partial charge on any atom is -0.497 e. The van der Waals surface area contributed by atoms with Crippen LogP contribution >= 0.6 is 0 Å². The maximum atomic E-state index is 5.89. The average molecular weight is 327 g/mol. The Morgan fingerprint density at radius 3 is 3.17 bits per heavy atom. The number of ether oxygens (including phenoxy) is 2. The monoisotopic (exact) mass is 327 g/mol. The molecule has 5 nitrogen and oxygen atoms in total. The lowest BCUT2D eigenvalue weighted by molar-refractivity contribution is -0.00826. The van der Waals surface area contributed by atoms with Gasteiger partial charge in [-0.05, 0) is 31.4 Å². The molecule has 1 N–H and O–H groups in total. The molecule has 0 saturated carbocycles. The highest BCUT2D eigenvalue weighted by Gasteiger charge is 2.24. The first kappa shape index (κ1) is 15.7. The zero-order chi connectivity index (χ0) is 16.4. The zero-order valence-electron chi connectivity index (χ0n) is 14.3. The first-order valence-electron chi connectivity index (χ1n) is 8.88. The maximum absolute atomic E-state index is 5.89. The zero-order valence-corrected chi connectivity index (χ0v) is 14.3. The SMILES string of the molecule is COc1cccc(-c2nc3c([nH]2)CN(C[C@H]2CCCCO2)CC3)c1. The number of H-pyrrole nitrogens is 1. The lowest BCUT2D eigenvalue weighted by Gasteiger charge is -2.31. The summed E-state index contributed by atoms with van der Waals surface area (Å²) < 4.78 is 11.2. The van der Waals surface area contributed by atoms with E-state index in [0.29, 0.717) is 6.10 Å². The molecule has 0 amide bonds. The molecule has 0 bridgehead atoms. The minimum atomic E-state index is 0.404. The molecule has 1 aromatic carbocycles. The van der Waals surface area contributed by atoms with Crippen LogP contribution in [0.25, 0.3) is 11.4 Å². The van der Waals surface area contributed by atoms with Gasteiger partial charge >= 0.3 is 0 Å². The van der Waals surface area contributed by atoms with Crippen LogP contribution in [-0.4, -0.2) is 47.8 Å². The van der Waals surface area contributed by atoms with Gasteiger partial charge in [-0.15, -0.1) is 0 Å². The van der Waals surface area contributed by atoms with Crippen molar-refractivity contribution < 1.29 is 9.47 Å². The summed E-state index contributed by atoms with van der Waals surface area (Å²) in [6.45, 7) is 3.96. The molecular weight excluding hydrogens is 302 g/mol. The fraction of sp³-hybridized carbons (Fsp3) is 0.526. The molecule has 1 atom stereocenters. The molecule has 0 unspecified atom stereocenters. The van der Waals surface area contributed by atoms with Crippen LogP contribution in [0.5, 0.6) is 5.75 Å². The van der Waals surface area contributed by atoms with E-state index in [1.165, 1.54) is 30.7 Å². The summed E-state index contributed by atoms with van der Waals surface area (Å²) in [5, 5.41) is 0. The number of imidazole rings is 1. The molecular formula is C19H25N3O2. The summed E-state index contributed by atoms with van der Waals surface area (Å²) in [6, 6.07) is 8.05. The molecule has 2 aliphatic rings. The van der Waals surface area contributed by atoms with E-state index in [0.717, 1.165) is 49.8 Å². The van der Waals surface area contributed by atoms with Crippen molar-refractivity contribution in [2.45, 2.75) is 38.3 Å². The molecule has 1 saturated heterocycles. The molecule has 2 aliphatic heterocycles. The van der Waals surface area contributed by atoms with E-state index >= 15 is 0 Å². The van der Waals surface area contributed by atoms with Gasteiger partial charge in [0.15, 0.2) is 0 Å². The normalized spacial score (nSPS) is 21.5. The summed E-state index contributed by atoms with van der Waals surface area (Å²) in [5.41, 5.74) is 3.52. The number of nitrogens with one attached hydrogen (secondary N) is 1. The average Bonchev–Trinajstić information content (AvgIpc) is 3.06. The van der Waals surface area contributed by atoms with Crippen LogP contribution in [0.3, 0.4) is 0 Å². The minimum absolute atomic E-state index is 0.404. The first-order chi connectivity index (χ1) is 11.8. The van der Waals surface area contributed by atoms with Gasteiger partial charge in [-0.2, -0.15) is 0 Å². The van der Waals surface area contributed by atoms with Gasteiger partial charge in [0, 0.05) is 38.2 Å². The Kier molecular flexibility index (Phi) is 4.54. The van der Waals surface area contributed by atoms with Crippen LogP contribution < -0.4 is 4.74 Å². The Balaban J connectivity index is 1.47. The van der Waals surface area contributed by atoms with Crippen LogP contribution in [0, 0.1) is 0 Å². The van der Waals surface area contributed by atoms with Gasteiger partial charge < -0.3 is 14.5 Å². The van der Waals surface area contributed by atoms with Gasteiger partial charge in [0.2, 0.25) is 0 Å². The number of aromatic amines is 1. The third-order valence-electron chi connectivity index (χ3n) is 4.99. The van der Waals surface area contributed by atoms with Crippen molar-refractivity contribution in [2.24, 2.45) is 0 Å². The van der Waals surface area contributed by atoms with Crippen molar-refractivity contribution in [3.8, 4) is 17.1 Å². The second kappa shape index (κ2) is 6.95. The van der Waals surface area contributed by atoms with Gasteiger partial charge in [-0.3, -0.25) is 4.90 Å². The summed E-state index contributed by atoms with van der Waals surface area (Å²) >= 11 is 0. The highest BCUT2D eigenvalue weighted by atomic mass is 16.5. The number of nitrogens with zero attached hydrogens (tertiary/aromatic N) is 2. The van der Waals surface area contributed by atoms with Crippen molar-refractivity contribution in [3.63, 3.8) is 0 Å². The molecule has 4 rings (SSSR count). The smallest absolute Gasteiger partial charge is 0.137 e. The third kappa shape index (κ3) is 3.32. The van der Waals surface area contributed by atoms with E-state index in [1.807, 2.05) is 18.2 Å². The van der Waals surface area contributed by atoms with Crippen molar-refractivity contribution in [2.75, 3.05) is 26.8 Å². The van der Waals surface area contributed by atoms with Gasteiger partial charge in [0.25, 0.3) is 0 Å². The Morgan fingerprint density at radius 2 is 2.33 bits per heavy atom. The third-order valence-corrected chi connectivity index (χ3v) is 4.99. The Labute approximate surface area is 143 Å². The quantitative estimate of drug-likeness (QED) is 0.938. The van der Waals surface area contributed by atoms with E-state index < -0.39 is 0 Å².